The van der Waals surface area contributed by atoms with Crippen molar-refractivity contribution in [1.82, 2.24) is 9.88 Å². The molecule has 1 aliphatic rings. The van der Waals surface area contributed by atoms with Crippen molar-refractivity contribution in [1.29, 1.82) is 0 Å². The van der Waals surface area contributed by atoms with E-state index in [0.29, 0.717) is 19.0 Å². The number of anilines is 1. The SMILES string of the molecule is CCCN(CC1CC1)C(=O)c1ccnc(NCC)c1F. The van der Waals surface area contributed by atoms with E-state index in [1.165, 1.54) is 25.1 Å². The molecule has 1 fully saturated rings. The van der Waals surface area contributed by atoms with Gasteiger partial charge < -0.3 is 10.2 Å². The van der Waals surface area contributed by atoms with Gasteiger partial charge in [0.1, 0.15) is 0 Å². The van der Waals surface area contributed by atoms with Crippen LogP contribution in [-0.2, 0) is 0 Å². The molecule has 1 N–H and O–H groups in total. The topological polar surface area (TPSA) is 45.2 Å². The van der Waals surface area contributed by atoms with Crippen LogP contribution in [0, 0.1) is 11.7 Å². The fourth-order valence-corrected chi connectivity index (χ4v) is 2.23. The van der Waals surface area contributed by atoms with Crippen LogP contribution < -0.4 is 5.32 Å². The van der Waals surface area contributed by atoms with E-state index in [0.717, 1.165) is 13.0 Å². The molecule has 5 heteroatoms. The maximum Gasteiger partial charge on any atom is 0.257 e. The highest BCUT2D eigenvalue weighted by molar-refractivity contribution is 5.95. The molecule has 0 saturated heterocycles. The predicted molar refractivity (Wildman–Crippen MR) is 77.3 cm³/mol. The van der Waals surface area contributed by atoms with Crippen molar-refractivity contribution in [3.8, 4) is 0 Å². The van der Waals surface area contributed by atoms with Crippen molar-refractivity contribution < 1.29 is 9.18 Å². The highest BCUT2D eigenvalue weighted by Gasteiger charge is 2.28. The molecular weight excluding hydrogens is 257 g/mol. The van der Waals surface area contributed by atoms with Gasteiger partial charge in [-0.2, -0.15) is 0 Å². The number of hydrogen-bond donors (Lipinski definition) is 1. The average Bonchev–Trinajstić information content (AvgIpc) is 3.24. The Hall–Kier alpha value is -1.65. The van der Waals surface area contributed by atoms with E-state index in [-0.39, 0.29) is 17.3 Å². The number of nitrogens with one attached hydrogen (secondary N) is 1. The molecule has 0 spiro atoms. The molecule has 0 aliphatic heterocycles. The van der Waals surface area contributed by atoms with Crippen LogP contribution in [0.2, 0.25) is 0 Å². The number of amides is 1. The summed E-state index contributed by atoms with van der Waals surface area (Å²) >= 11 is 0. The summed E-state index contributed by atoms with van der Waals surface area (Å²) in [6.07, 6.45) is 4.71. The third-order valence-electron chi connectivity index (χ3n) is 3.42. The normalized spacial score (nSPS) is 14.2. The minimum Gasteiger partial charge on any atom is -0.368 e. The van der Waals surface area contributed by atoms with Gasteiger partial charge >= 0.3 is 0 Å². The summed E-state index contributed by atoms with van der Waals surface area (Å²) < 4.78 is 14.3. The zero-order chi connectivity index (χ0) is 14.5. The highest BCUT2D eigenvalue weighted by atomic mass is 19.1. The number of rotatable bonds is 7. The summed E-state index contributed by atoms with van der Waals surface area (Å²) in [6, 6.07) is 1.47. The first-order valence-electron chi connectivity index (χ1n) is 7.35. The Morgan fingerprint density at radius 1 is 1.50 bits per heavy atom. The second-order valence-electron chi connectivity index (χ2n) is 5.25. The molecule has 0 unspecified atom stereocenters. The maximum atomic E-state index is 14.3. The summed E-state index contributed by atoms with van der Waals surface area (Å²) in [7, 11) is 0. The molecule has 1 heterocycles. The number of carbonyl (C=O) groups is 1. The van der Waals surface area contributed by atoms with Crippen molar-refractivity contribution in [2.24, 2.45) is 5.92 Å². The molecule has 0 atom stereocenters. The van der Waals surface area contributed by atoms with Crippen LogP contribution in [0.1, 0.15) is 43.5 Å². The number of halogens is 1. The van der Waals surface area contributed by atoms with Gasteiger partial charge in [-0.3, -0.25) is 4.79 Å². The Morgan fingerprint density at radius 2 is 2.25 bits per heavy atom. The van der Waals surface area contributed by atoms with Crippen molar-refractivity contribution in [3.63, 3.8) is 0 Å². The Bertz CT molecular complexity index is 474. The van der Waals surface area contributed by atoms with Gasteiger partial charge in [0.15, 0.2) is 11.6 Å². The molecule has 0 bridgehead atoms. The molecule has 1 aliphatic carbocycles. The van der Waals surface area contributed by atoms with E-state index in [4.69, 9.17) is 0 Å². The summed E-state index contributed by atoms with van der Waals surface area (Å²) in [6.45, 7) is 5.88. The van der Waals surface area contributed by atoms with E-state index >= 15 is 0 Å². The number of pyridine rings is 1. The molecule has 2 rings (SSSR count). The van der Waals surface area contributed by atoms with Crippen molar-refractivity contribution >= 4 is 11.7 Å². The number of hydrogen-bond acceptors (Lipinski definition) is 3. The van der Waals surface area contributed by atoms with Gasteiger partial charge in [-0.05, 0) is 38.2 Å². The lowest BCUT2D eigenvalue weighted by Gasteiger charge is -2.22. The van der Waals surface area contributed by atoms with Gasteiger partial charge in [0.05, 0.1) is 5.56 Å². The van der Waals surface area contributed by atoms with Gasteiger partial charge in [0.2, 0.25) is 0 Å². The Morgan fingerprint density at radius 3 is 2.85 bits per heavy atom. The lowest BCUT2D eigenvalue weighted by Crippen LogP contribution is -2.34. The quantitative estimate of drug-likeness (QED) is 0.834. The van der Waals surface area contributed by atoms with Crippen molar-refractivity contribution in [3.05, 3.63) is 23.6 Å². The van der Waals surface area contributed by atoms with Crippen LogP contribution in [0.4, 0.5) is 10.2 Å². The van der Waals surface area contributed by atoms with E-state index in [1.54, 1.807) is 4.90 Å². The summed E-state index contributed by atoms with van der Waals surface area (Å²) in [5, 5.41) is 2.84. The fraction of sp³-hybridized carbons (Fsp3) is 0.600. The number of nitrogens with zero attached hydrogens (tertiary/aromatic N) is 2. The van der Waals surface area contributed by atoms with Gasteiger partial charge in [-0.1, -0.05) is 6.92 Å². The Balaban J connectivity index is 2.18. The molecule has 4 nitrogen and oxygen atoms in total. The van der Waals surface area contributed by atoms with Crippen LogP contribution >= 0.6 is 0 Å². The predicted octanol–water partition coefficient (Wildman–Crippen LogP) is 2.91. The Labute approximate surface area is 119 Å². The highest BCUT2D eigenvalue weighted by Crippen LogP contribution is 2.30. The Kier molecular flexibility index (Phi) is 4.93. The standard InChI is InChI=1S/C15H22FN3O/c1-3-9-19(10-11-5-6-11)15(20)12-7-8-18-14(13(12)16)17-4-2/h7-8,11H,3-6,9-10H2,1-2H3,(H,17,18). The lowest BCUT2D eigenvalue weighted by atomic mass is 10.2. The first kappa shape index (κ1) is 14.8. The lowest BCUT2D eigenvalue weighted by molar-refractivity contribution is 0.0743. The van der Waals surface area contributed by atoms with Gasteiger partial charge in [0, 0.05) is 25.8 Å². The molecular formula is C15H22FN3O. The van der Waals surface area contributed by atoms with Crippen LogP contribution in [0.5, 0.6) is 0 Å². The van der Waals surface area contributed by atoms with Crippen LogP contribution in [0.25, 0.3) is 0 Å². The molecule has 1 saturated carbocycles. The van der Waals surface area contributed by atoms with E-state index in [9.17, 15) is 9.18 Å². The van der Waals surface area contributed by atoms with Gasteiger partial charge in [-0.25, -0.2) is 9.37 Å². The van der Waals surface area contributed by atoms with Crippen molar-refractivity contribution in [2.45, 2.75) is 33.1 Å². The third-order valence-corrected chi connectivity index (χ3v) is 3.42. The molecule has 1 amide bonds. The zero-order valence-corrected chi connectivity index (χ0v) is 12.2. The fourth-order valence-electron chi connectivity index (χ4n) is 2.23. The number of aromatic nitrogens is 1. The largest absolute Gasteiger partial charge is 0.368 e. The second kappa shape index (κ2) is 6.68. The first-order chi connectivity index (χ1) is 9.67. The molecule has 0 aromatic carbocycles. The minimum atomic E-state index is -0.545. The molecule has 20 heavy (non-hydrogen) atoms. The van der Waals surface area contributed by atoms with E-state index < -0.39 is 5.82 Å². The van der Waals surface area contributed by atoms with Crippen LogP contribution in [0.3, 0.4) is 0 Å². The maximum absolute atomic E-state index is 14.3. The molecule has 1 aromatic heterocycles. The van der Waals surface area contributed by atoms with Crippen LogP contribution in [-0.4, -0.2) is 35.4 Å². The molecule has 110 valence electrons. The molecule has 0 radical (unpaired) electrons. The van der Waals surface area contributed by atoms with Crippen LogP contribution in [0.15, 0.2) is 12.3 Å². The second-order valence-corrected chi connectivity index (χ2v) is 5.25. The van der Waals surface area contributed by atoms with Gasteiger partial charge in [0.25, 0.3) is 5.91 Å². The first-order valence-corrected chi connectivity index (χ1v) is 7.35. The summed E-state index contributed by atoms with van der Waals surface area (Å²) in [4.78, 5) is 18.2. The molecule has 1 aromatic rings. The zero-order valence-electron chi connectivity index (χ0n) is 12.2. The smallest absolute Gasteiger partial charge is 0.257 e. The summed E-state index contributed by atoms with van der Waals surface area (Å²) in [5.41, 5.74) is 0.116. The van der Waals surface area contributed by atoms with E-state index in [1.807, 2.05) is 13.8 Å². The number of carbonyl (C=O) groups excluding carboxylic acids is 1. The summed E-state index contributed by atoms with van der Waals surface area (Å²) in [5.74, 6) is -0.0149. The minimum absolute atomic E-state index is 0.116. The monoisotopic (exact) mass is 279 g/mol. The van der Waals surface area contributed by atoms with Gasteiger partial charge in [-0.15, -0.1) is 0 Å². The van der Waals surface area contributed by atoms with E-state index in [2.05, 4.69) is 10.3 Å². The third kappa shape index (κ3) is 3.46. The average molecular weight is 279 g/mol. The van der Waals surface area contributed by atoms with Crippen molar-refractivity contribution in [2.75, 3.05) is 25.0 Å².